The maximum atomic E-state index is 12.5. The van der Waals surface area contributed by atoms with Gasteiger partial charge in [-0.25, -0.2) is 4.57 Å². The van der Waals surface area contributed by atoms with Gasteiger partial charge in [0.25, 0.3) is 0 Å². The minimum Gasteiger partial charge on any atom is -0.462 e. The molecule has 0 saturated carbocycles. The number of unbranched alkanes of at least 4 members (excludes halogenated alkanes) is 15. The van der Waals surface area contributed by atoms with E-state index in [0.717, 1.165) is 50.4 Å². The Morgan fingerprint density at radius 2 is 1.09 bits per heavy atom. The van der Waals surface area contributed by atoms with Crippen LogP contribution in [0.2, 0.25) is 0 Å². The van der Waals surface area contributed by atoms with Crippen LogP contribution in [-0.2, 0) is 32.7 Å². The second kappa shape index (κ2) is 31.0. The first kappa shape index (κ1) is 46.0. The quantitative estimate of drug-likeness (QED) is 0.0339. The van der Waals surface area contributed by atoms with Gasteiger partial charge in [0.1, 0.15) is 12.7 Å². The molecule has 47 heavy (non-hydrogen) atoms. The third-order valence-electron chi connectivity index (χ3n) is 8.48. The molecular formula is C36H71O10P. The Kier molecular flexibility index (Phi) is 30.3. The van der Waals surface area contributed by atoms with Crippen LogP contribution < -0.4 is 0 Å². The molecule has 0 fully saturated rings. The summed E-state index contributed by atoms with van der Waals surface area (Å²) in [7, 11) is -4.60. The maximum Gasteiger partial charge on any atom is 0.472 e. The molecule has 3 N–H and O–H groups in total. The molecule has 0 saturated heterocycles. The largest absolute Gasteiger partial charge is 0.472 e. The van der Waals surface area contributed by atoms with Crippen molar-refractivity contribution < 1.29 is 47.8 Å². The second-order valence-corrected chi connectivity index (χ2v) is 15.1. The molecular weight excluding hydrogens is 623 g/mol. The van der Waals surface area contributed by atoms with Gasteiger partial charge in [-0.2, -0.15) is 0 Å². The van der Waals surface area contributed by atoms with Crippen LogP contribution in [0, 0.1) is 11.8 Å². The van der Waals surface area contributed by atoms with Crippen molar-refractivity contribution >= 4 is 19.8 Å². The highest BCUT2D eigenvalue weighted by atomic mass is 31.2. The van der Waals surface area contributed by atoms with Crippen molar-refractivity contribution in [3.63, 3.8) is 0 Å². The van der Waals surface area contributed by atoms with E-state index in [4.69, 9.17) is 19.1 Å². The minimum absolute atomic E-state index is 0.188. The van der Waals surface area contributed by atoms with E-state index < -0.39 is 51.8 Å². The fourth-order valence-corrected chi connectivity index (χ4v) is 5.94. The van der Waals surface area contributed by atoms with Crippen molar-refractivity contribution in [1.82, 2.24) is 0 Å². The fourth-order valence-electron chi connectivity index (χ4n) is 5.15. The van der Waals surface area contributed by atoms with Gasteiger partial charge in [-0.1, -0.05) is 143 Å². The van der Waals surface area contributed by atoms with E-state index in [0.29, 0.717) is 12.8 Å². The first-order chi connectivity index (χ1) is 22.5. The van der Waals surface area contributed by atoms with Crippen LogP contribution >= 0.6 is 7.82 Å². The molecule has 0 aromatic heterocycles. The average molecular weight is 695 g/mol. The molecule has 4 atom stereocenters. The van der Waals surface area contributed by atoms with Gasteiger partial charge in [0, 0.05) is 12.8 Å². The standard InChI is InChI=1S/C36H71O10P/c1-5-32(4)24-20-16-12-9-10-13-17-21-25-35(39)43-29-34(30-45-47(41,42)44-28-33(38)27-37)46-36(40)26-22-18-14-8-6-7-11-15-19-23-31(2)3/h31-34,37-38H,5-30H2,1-4H3,(H,41,42)/t32?,33-,34+/m0/s1. The third-order valence-corrected chi connectivity index (χ3v) is 9.43. The number of hydrogen-bond acceptors (Lipinski definition) is 9. The maximum absolute atomic E-state index is 12.5. The topological polar surface area (TPSA) is 149 Å². The normalized spacial score (nSPS) is 14.9. The lowest BCUT2D eigenvalue weighted by molar-refractivity contribution is -0.161. The van der Waals surface area contributed by atoms with E-state index in [1.807, 2.05) is 0 Å². The summed E-state index contributed by atoms with van der Waals surface area (Å²) in [5.74, 6) is 0.668. The molecule has 0 aromatic rings. The molecule has 0 rings (SSSR count). The molecule has 11 heteroatoms. The van der Waals surface area contributed by atoms with Crippen LogP contribution in [0.4, 0.5) is 0 Å². The smallest absolute Gasteiger partial charge is 0.462 e. The molecule has 0 spiro atoms. The van der Waals surface area contributed by atoms with Crippen LogP contribution in [0.3, 0.4) is 0 Å². The highest BCUT2D eigenvalue weighted by Crippen LogP contribution is 2.43. The molecule has 10 nitrogen and oxygen atoms in total. The average Bonchev–Trinajstić information content (AvgIpc) is 3.04. The zero-order chi connectivity index (χ0) is 35.2. The van der Waals surface area contributed by atoms with Crippen LogP contribution in [0.5, 0.6) is 0 Å². The van der Waals surface area contributed by atoms with Gasteiger partial charge in [0.15, 0.2) is 6.10 Å². The van der Waals surface area contributed by atoms with E-state index in [9.17, 15) is 24.2 Å². The summed E-state index contributed by atoms with van der Waals surface area (Å²) >= 11 is 0. The van der Waals surface area contributed by atoms with Crippen molar-refractivity contribution in [3.8, 4) is 0 Å². The van der Waals surface area contributed by atoms with Crippen LogP contribution in [0.15, 0.2) is 0 Å². The molecule has 0 aliphatic carbocycles. The Balaban J connectivity index is 4.39. The molecule has 2 unspecified atom stereocenters. The molecule has 0 heterocycles. The van der Waals surface area contributed by atoms with Gasteiger partial charge >= 0.3 is 19.8 Å². The van der Waals surface area contributed by atoms with Crippen molar-refractivity contribution in [1.29, 1.82) is 0 Å². The van der Waals surface area contributed by atoms with Crippen molar-refractivity contribution in [2.24, 2.45) is 11.8 Å². The predicted octanol–water partition coefficient (Wildman–Crippen LogP) is 8.82. The zero-order valence-corrected chi connectivity index (χ0v) is 31.2. The lowest BCUT2D eigenvalue weighted by atomic mass is 9.99. The number of aliphatic hydroxyl groups excluding tert-OH is 2. The Morgan fingerprint density at radius 1 is 0.638 bits per heavy atom. The molecule has 0 aliphatic heterocycles. The number of aliphatic hydroxyl groups is 2. The Labute approximate surface area is 286 Å². The van der Waals surface area contributed by atoms with Crippen LogP contribution in [0.25, 0.3) is 0 Å². The summed E-state index contributed by atoms with van der Waals surface area (Å²) in [6, 6.07) is 0. The summed E-state index contributed by atoms with van der Waals surface area (Å²) in [5, 5.41) is 18.2. The van der Waals surface area contributed by atoms with Gasteiger partial charge in [0.2, 0.25) is 0 Å². The summed E-state index contributed by atoms with van der Waals surface area (Å²) in [4.78, 5) is 34.8. The summed E-state index contributed by atoms with van der Waals surface area (Å²) < 4.78 is 32.5. The molecule has 0 amide bonds. The first-order valence-electron chi connectivity index (χ1n) is 18.7. The number of carbonyl (C=O) groups excluding carboxylic acids is 2. The molecule has 0 radical (unpaired) electrons. The number of rotatable bonds is 34. The Hall–Kier alpha value is -1.03. The molecule has 280 valence electrons. The number of phosphoric acid groups is 1. The van der Waals surface area contributed by atoms with Crippen molar-refractivity contribution in [2.75, 3.05) is 26.4 Å². The van der Waals surface area contributed by atoms with Crippen LogP contribution in [0.1, 0.15) is 169 Å². The number of ether oxygens (including phenoxy) is 2. The van der Waals surface area contributed by atoms with E-state index >= 15 is 0 Å². The van der Waals surface area contributed by atoms with Crippen LogP contribution in [-0.4, -0.2) is 65.7 Å². The minimum atomic E-state index is -4.60. The fraction of sp³-hybridized carbons (Fsp3) is 0.944. The third kappa shape index (κ3) is 32.0. The van der Waals surface area contributed by atoms with Crippen molar-refractivity contribution in [2.45, 2.75) is 181 Å². The monoisotopic (exact) mass is 694 g/mol. The number of phosphoric ester groups is 1. The lowest BCUT2D eigenvalue weighted by Gasteiger charge is -2.20. The molecule has 0 aliphatic rings. The number of carbonyl (C=O) groups is 2. The van der Waals surface area contributed by atoms with Gasteiger partial charge < -0.3 is 24.6 Å². The van der Waals surface area contributed by atoms with E-state index in [1.165, 1.54) is 77.0 Å². The highest BCUT2D eigenvalue weighted by Gasteiger charge is 2.27. The first-order valence-corrected chi connectivity index (χ1v) is 20.2. The van der Waals surface area contributed by atoms with Gasteiger partial charge in [0.05, 0.1) is 19.8 Å². The van der Waals surface area contributed by atoms with E-state index in [1.54, 1.807) is 0 Å². The van der Waals surface area contributed by atoms with Crippen molar-refractivity contribution in [3.05, 3.63) is 0 Å². The lowest BCUT2D eigenvalue weighted by Crippen LogP contribution is -2.29. The van der Waals surface area contributed by atoms with E-state index in [2.05, 4.69) is 32.2 Å². The number of hydrogen-bond donors (Lipinski definition) is 3. The highest BCUT2D eigenvalue weighted by molar-refractivity contribution is 7.47. The SMILES string of the molecule is CCC(C)CCCCCCCCCCC(=O)OC[C@H](COP(=O)(O)OC[C@@H](O)CO)OC(=O)CCCCCCCCCCCC(C)C. The summed E-state index contributed by atoms with van der Waals surface area (Å²) in [6.07, 6.45) is 20.9. The summed E-state index contributed by atoms with van der Waals surface area (Å²) in [6.45, 7) is 6.98. The van der Waals surface area contributed by atoms with Gasteiger partial charge in [-0.15, -0.1) is 0 Å². The number of esters is 2. The van der Waals surface area contributed by atoms with Gasteiger partial charge in [-0.05, 0) is 24.7 Å². The zero-order valence-electron chi connectivity index (χ0n) is 30.3. The summed E-state index contributed by atoms with van der Waals surface area (Å²) in [5.41, 5.74) is 0. The van der Waals surface area contributed by atoms with E-state index in [-0.39, 0.29) is 19.4 Å². The molecule has 0 aromatic carbocycles. The predicted molar refractivity (Wildman–Crippen MR) is 187 cm³/mol. The second-order valence-electron chi connectivity index (χ2n) is 13.7. The Morgan fingerprint density at radius 3 is 1.57 bits per heavy atom. The van der Waals surface area contributed by atoms with Gasteiger partial charge in [-0.3, -0.25) is 18.6 Å². The molecule has 0 bridgehead atoms. The Bertz CT molecular complexity index is 794.